The molecular weight excluding hydrogens is 285 g/mol. The van der Waals surface area contributed by atoms with Crippen LogP contribution in [-0.4, -0.2) is 30.5 Å². The van der Waals surface area contributed by atoms with Gasteiger partial charge in [-0.15, -0.1) is 0 Å². The number of benzene rings is 1. The minimum absolute atomic E-state index is 0.218. The van der Waals surface area contributed by atoms with Crippen LogP contribution in [0.5, 0.6) is 0 Å². The van der Waals surface area contributed by atoms with Crippen LogP contribution in [0.4, 0.5) is 4.39 Å². The third-order valence-electron chi connectivity index (χ3n) is 3.67. The molecule has 1 N–H and O–H groups in total. The molecule has 0 heterocycles. The highest BCUT2D eigenvalue weighted by atomic mass is 32.2. The number of hydrogen-bond donors (Lipinski definition) is 1. The first-order chi connectivity index (χ1) is 9.31. The van der Waals surface area contributed by atoms with Crippen molar-refractivity contribution in [1.29, 1.82) is 5.26 Å². The molecule has 0 bridgehead atoms. The number of carbonyl (C=O) groups is 1. The lowest BCUT2D eigenvalue weighted by atomic mass is 10.0. The van der Waals surface area contributed by atoms with Crippen molar-refractivity contribution in [2.45, 2.75) is 18.1 Å². The van der Waals surface area contributed by atoms with E-state index in [4.69, 9.17) is 5.26 Å². The van der Waals surface area contributed by atoms with Crippen molar-refractivity contribution in [3.05, 3.63) is 35.6 Å². The Hall–Kier alpha value is -1.94. The SMILES string of the molecule is CCS(=O)(=O)C1C(c2cccc(F)c2)C1(C#N)C(=O)O. The maximum Gasteiger partial charge on any atom is 0.326 e. The summed E-state index contributed by atoms with van der Waals surface area (Å²) in [6, 6.07) is 6.66. The predicted molar refractivity (Wildman–Crippen MR) is 68.1 cm³/mol. The second-order valence-corrected chi connectivity index (χ2v) is 7.10. The van der Waals surface area contributed by atoms with Crippen molar-refractivity contribution in [2.24, 2.45) is 5.41 Å². The first-order valence-corrected chi connectivity index (χ1v) is 7.64. The van der Waals surface area contributed by atoms with Crippen LogP contribution in [0.1, 0.15) is 18.4 Å². The Labute approximate surface area is 115 Å². The first kappa shape index (κ1) is 14.5. The lowest BCUT2D eigenvalue weighted by molar-refractivity contribution is -0.141. The van der Waals surface area contributed by atoms with E-state index in [2.05, 4.69) is 0 Å². The Morgan fingerprint density at radius 2 is 2.20 bits per heavy atom. The number of nitriles is 1. The van der Waals surface area contributed by atoms with Crippen LogP contribution in [0.2, 0.25) is 0 Å². The number of carboxylic acid groups (broad SMARTS) is 1. The van der Waals surface area contributed by atoms with E-state index < -0.39 is 38.2 Å². The smallest absolute Gasteiger partial charge is 0.326 e. The first-order valence-electron chi connectivity index (χ1n) is 5.93. The average molecular weight is 297 g/mol. The van der Waals surface area contributed by atoms with Gasteiger partial charge in [0, 0.05) is 11.7 Å². The van der Waals surface area contributed by atoms with Gasteiger partial charge >= 0.3 is 5.97 Å². The largest absolute Gasteiger partial charge is 0.480 e. The van der Waals surface area contributed by atoms with Crippen LogP contribution in [0.25, 0.3) is 0 Å². The second-order valence-electron chi connectivity index (χ2n) is 4.69. The number of halogens is 1. The van der Waals surface area contributed by atoms with Crippen LogP contribution >= 0.6 is 0 Å². The highest BCUT2D eigenvalue weighted by molar-refractivity contribution is 7.92. The van der Waals surface area contributed by atoms with Gasteiger partial charge < -0.3 is 5.11 Å². The molecule has 0 radical (unpaired) electrons. The molecule has 20 heavy (non-hydrogen) atoms. The van der Waals surface area contributed by atoms with Crippen molar-refractivity contribution in [3.63, 3.8) is 0 Å². The fraction of sp³-hybridized carbons (Fsp3) is 0.385. The summed E-state index contributed by atoms with van der Waals surface area (Å²) >= 11 is 0. The molecule has 3 atom stereocenters. The molecule has 1 aliphatic carbocycles. The van der Waals surface area contributed by atoms with Gasteiger partial charge in [0.2, 0.25) is 0 Å². The van der Waals surface area contributed by atoms with Gasteiger partial charge in [0.15, 0.2) is 15.3 Å². The summed E-state index contributed by atoms with van der Waals surface area (Å²) in [6.45, 7) is 1.39. The third-order valence-corrected chi connectivity index (χ3v) is 5.89. The molecule has 1 fully saturated rings. The van der Waals surface area contributed by atoms with Gasteiger partial charge in [0.05, 0.1) is 6.07 Å². The molecule has 106 valence electrons. The molecular formula is C13H12FNO4S. The van der Waals surface area contributed by atoms with Gasteiger partial charge in [0.1, 0.15) is 11.1 Å². The molecule has 0 amide bonds. The Morgan fingerprint density at radius 1 is 1.55 bits per heavy atom. The highest BCUT2D eigenvalue weighted by Gasteiger charge is 2.76. The summed E-state index contributed by atoms with van der Waals surface area (Å²) in [5.41, 5.74) is -1.81. The van der Waals surface area contributed by atoms with Gasteiger partial charge in [0.25, 0.3) is 0 Å². The van der Waals surface area contributed by atoms with Gasteiger partial charge in [-0.25, -0.2) is 12.8 Å². The number of hydrogen-bond acceptors (Lipinski definition) is 4. The fourth-order valence-electron chi connectivity index (χ4n) is 2.60. The molecule has 1 saturated carbocycles. The fourth-order valence-corrected chi connectivity index (χ4v) is 4.53. The zero-order valence-electron chi connectivity index (χ0n) is 10.6. The zero-order chi connectivity index (χ0) is 15.1. The van der Waals surface area contributed by atoms with Crippen molar-refractivity contribution < 1.29 is 22.7 Å². The molecule has 3 unspecified atom stereocenters. The second kappa shape index (κ2) is 4.56. The van der Waals surface area contributed by atoms with E-state index in [9.17, 15) is 22.7 Å². The quantitative estimate of drug-likeness (QED) is 0.904. The summed E-state index contributed by atoms with van der Waals surface area (Å²) in [5.74, 6) is -3.39. The normalized spacial score (nSPS) is 28.6. The van der Waals surface area contributed by atoms with Crippen molar-refractivity contribution in [2.75, 3.05) is 5.75 Å². The van der Waals surface area contributed by atoms with E-state index in [1.54, 1.807) is 6.07 Å². The molecule has 7 heteroatoms. The minimum atomic E-state index is -3.73. The molecule has 0 aromatic heterocycles. The van der Waals surface area contributed by atoms with E-state index in [-0.39, 0.29) is 11.3 Å². The third kappa shape index (κ3) is 1.88. The molecule has 2 rings (SSSR count). The Morgan fingerprint density at radius 3 is 2.65 bits per heavy atom. The molecule has 0 spiro atoms. The van der Waals surface area contributed by atoms with Crippen LogP contribution < -0.4 is 0 Å². The van der Waals surface area contributed by atoms with Gasteiger partial charge in [-0.1, -0.05) is 19.1 Å². The van der Waals surface area contributed by atoms with E-state index in [1.807, 2.05) is 0 Å². The molecule has 1 aliphatic rings. The monoisotopic (exact) mass is 297 g/mol. The van der Waals surface area contributed by atoms with E-state index in [1.165, 1.54) is 25.1 Å². The van der Waals surface area contributed by atoms with Crippen molar-refractivity contribution in [1.82, 2.24) is 0 Å². The maximum absolute atomic E-state index is 13.2. The summed E-state index contributed by atoms with van der Waals surface area (Å²) in [7, 11) is -3.73. The predicted octanol–water partition coefficient (Wildman–Crippen LogP) is 1.32. The summed E-state index contributed by atoms with van der Waals surface area (Å²) in [6.07, 6.45) is 0. The van der Waals surface area contributed by atoms with Crippen LogP contribution in [-0.2, 0) is 14.6 Å². The summed E-state index contributed by atoms with van der Waals surface area (Å²) in [5, 5.41) is 17.1. The number of sulfone groups is 1. The number of nitrogens with zero attached hydrogens (tertiary/aromatic N) is 1. The summed E-state index contributed by atoms with van der Waals surface area (Å²) in [4.78, 5) is 11.4. The topological polar surface area (TPSA) is 95.2 Å². The van der Waals surface area contributed by atoms with E-state index >= 15 is 0 Å². The van der Waals surface area contributed by atoms with Gasteiger partial charge in [-0.05, 0) is 17.7 Å². The average Bonchev–Trinajstić information content (AvgIpc) is 3.10. The number of carboxylic acids is 1. The standard InChI is InChI=1S/C13H12FNO4S/c1-2-20(18,19)11-10(13(11,7-15)12(16)17)8-4-3-5-9(14)6-8/h3-6,10-11H,2H2,1H3,(H,16,17). The Kier molecular flexibility index (Phi) is 3.30. The number of rotatable bonds is 4. The van der Waals surface area contributed by atoms with Crippen LogP contribution in [0.15, 0.2) is 24.3 Å². The van der Waals surface area contributed by atoms with Crippen LogP contribution in [0.3, 0.4) is 0 Å². The highest BCUT2D eigenvalue weighted by Crippen LogP contribution is 2.63. The van der Waals surface area contributed by atoms with Gasteiger partial charge in [-0.3, -0.25) is 4.79 Å². The Balaban J connectivity index is 2.58. The molecule has 1 aromatic rings. The lowest BCUT2D eigenvalue weighted by Crippen LogP contribution is -2.23. The van der Waals surface area contributed by atoms with Crippen LogP contribution in [0, 0.1) is 22.6 Å². The zero-order valence-corrected chi connectivity index (χ0v) is 11.4. The molecule has 5 nitrogen and oxygen atoms in total. The number of aliphatic carboxylic acids is 1. The molecule has 1 aromatic carbocycles. The summed E-state index contributed by atoms with van der Waals surface area (Å²) < 4.78 is 37.2. The van der Waals surface area contributed by atoms with Crippen molar-refractivity contribution in [3.8, 4) is 6.07 Å². The van der Waals surface area contributed by atoms with E-state index in [0.29, 0.717) is 0 Å². The lowest BCUT2D eigenvalue weighted by Gasteiger charge is -2.02. The molecule has 0 saturated heterocycles. The van der Waals surface area contributed by atoms with Crippen molar-refractivity contribution >= 4 is 15.8 Å². The minimum Gasteiger partial charge on any atom is -0.480 e. The van der Waals surface area contributed by atoms with E-state index in [0.717, 1.165) is 6.07 Å². The maximum atomic E-state index is 13.2. The Bertz CT molecular complexity index is 709. The van der Waals surface area contributed by atoms with Gasteiger partial charge in [-0.2, -0.15) is 5.26 Å². The molecule has 0 aliphatic heterocycles.